The number of hydrogen-bond donors (Lipinski definition) is 2. The van der Waals surface area contributed by atoms with Crippen LogP contribution in [0, 0.1) is 12.7 Å². The number of ether oxygens (including phenoxy) is 2. The maximum Gasteiger partial charge on any atom is 0.126 e. The first-order valence-electron chi connectivity index (χ1n) is 5.81. The zero-order chi connectivity index (χ0) is 13.4. The largest absolute Gasteiger partial charge is 0.496 e. The van der Waals surface area contributed by atoms with Gasteiger partial charge in [-0.25, -0.2) is 4.39 Å². The Labute approximate surface area is 105 Å². The molecule has 4 atom stereocenters. The van der Waals surface area contributed by atoms with Crippen LogP contribution in [0.2, 0.25) is 0 Å². The molecule has 18 heavy (non-hydrogen) atoms. The summed E-state index contributed by atoms with van der Waals surface area (Å²) in [7, 11) is 1.47. The predicted molar refractivity (Wildman–Crippen MR) is 63.0 cm³/mol. The first-order valence-corrected chi connectivity index (χ1v) is 5.81. The minimum Gasteiger partial charge on any atom is -0.496 e. The zero-order valence-corrected chi connectivity index (χ0v) is 10.6. The monoisotopic (exact) mass is 256 g/mol. The van der Waals surface area contributed by atoms with Crippen molar-refractivity contribution < 1.29 is 24.1 Å². The molecule has 1 fully saturated rings. The molecule has 0 saturated carbocycles. The quantitative estimate of drug-likeness (QED) is 0.838. The van der Waals surface area contributed by atoms with Gasteiger partial charge in [-0.2, -0.15) is 0 Å². The van der Waals surface area contributed by atoms with E-state index in [1.165, 1.54) is 13.2 Å². The lowest BCUT2D eigenvalue weighted by atomic mass is 9.99. The van der Waals surface area contributed by atoms with Crippen molar-refractivity contribution in [3.05, 3.63) is 29.1 Å². The number of hydrogen-bond acceptors (Lipinski definition) is 4. The summed E-state index contributed by atoms with van der Waals surface area (Å²) in [4.78, 5) is 0. The van der Waals surface area contributed by atoms with Gasteiger partial charge in [-0.05, 0) is 31.5 Å². The molecule has 0 aromatic heterocycles. The van der Waals surface area contributed by atoms with Gasteiger partial charge in [0.2, 0.25) is 0 Å². The van der Waals surface area contributed by atoms with Crippen molar-refractivity contribution in [3.63, 3.8) is 0 Å². The molecule has 5 heteroatoms. The molecule has 1 saturated heterocycles. The minimum atomic E-state index is -1.09. The Morgan fingerprint density at radius 3 is 2.44 bits per heavy atom. The number of aryl methyl sites for hydroxylation is 1. The topological polar surface area (TPSA) is 58.9 Å². The third-order valence-corrected chi connectivity index (χ3v) is 3.32. The lowest BCUT2D eigenvalue weighted by Crippen LogP contribution is -2.28. The van der Waals surface area contributed by atoms with Crippen LogP contribution in [0.15, 0.2) is 12.1 Å². The van der Waals surface area contributed by atoms with Crippen molar-refractivity contribution in [2.24, 2.45) is 0 Å². The molecule has 0 amide bonds. The summed E-state index contributed by atoms with van der Waals surface area (Å²) < 4.78 is 24.3. The molecule has 1 heterocycles. The SMILES string of the molecule is COc1cc(C)c(F)cc1C1OC(C)C(O)C1O. The maximum atomic E-state index is 13.6. The van der Waals surface area contributed by atoms with Crippen molar-refractivity contribution in [2.75, 3.05) is 7.11 Å². The summed E-state index contributed by atoms with van der Waals surface area (Å²) >= 11 is 0. The number of rotatable bonds is 2. The van der Waals surface area contributed by atoms with E-state index in [-0.39, 0.29) is 0 Å². The van der Waals surface area contributed by atoms with Gasteiger partial charge in [0.05, 0.1) is 13.2 Å². The van der Waals surface area contributed by atoms with Gasteiger partial charge in [0.25, 0.3) is 0 Å². The van der Waals surface area contributed by atoms with E-state index in [0.717, 1.165) is 0 Å². The van der Waals surface area contributed by atoms with Crippen LogP contribution in [-0.4, -0.2) is 35.6 Å². The van der Waals surface area contributed by atoms with Gasteiger partial charge in [-0.3, -0.25) is 0 Å². The summed E-state index contributed by atoms with van der Waals surface area (Å²) in [5.74, 6) is 0.0508. The van der Waals surface area contributed by atoms with Crippen LogP contribution in [-0.2, 0) is 4.74 Å². The van der Waals surface area contributed by atoms with E-state index in [0.29, 0.717) is 16.9 Å². The van der Waals surface area contributed by atoms with Gasteiger partial charge < -0.3 is 19.7 Å². The van der Waals surface area contributed by atoms with Crippen LogP contribution in [0.1, 0.15) is 24.2 Å². The summed E-state index contributed by atoms with van der Waals surface area (Å²) in [6, 6.07) is 2.84. The van der Waals surface area contributed by atoms with Gasteiger partial charge in [-0.1, -0.05) is 0 Å². The lowest BCUT2D eigenvalue weighted by molar-refractivity contribution is 0.0136. The van der Waals surface area contributed by atoms with Crippen LogP contribution in [0.25, 0.3) is 0 Å². The number of aliphatic hydroxyl groups excluding tert-OH is 2. The highest BCUT2D eigenvalue weighted by atomic mass is 19.1. The van der Waals surface area contributed by atoms with E-state index >= 15 is 0 Å². The normalized spacial score (nSPS) is 31.7. The van der Waals surface area contributed by atoms with Gasteiger partial charge in [0.1, 0.15) is 29.9 Å². The van der Waals surface area contributed by atoms with Crippen LogP contribution < -0.4 is 4.74 Å². The first kappa shape index (κ1) is 13.3. The number of aliphatic hydroxyl groups is 2. The second-order valence-corrected chi connectivity index (χ2v) is 4.59. The third kappa shape index (κ3) is 2.09. The molecule has 4 unspecified atom stereocenters. The summed E-state index contributed by atoms with van der Waals surface area (Å²) in [5.41, 5.74) is 0.869. The standard InChI is InChI=1S/C13H17FO4/c1-6-4-10(17-3)8(5-9(6)14)13-12(16)11(15)7(2)18-13/h4-5,7,11-13,15-16H,1-3H3. The number of methoxy groups -OCH3 is 1. The van der Waals surface area contributed by atoms with Gasteiger partial charge in [-0.15, -0.1) is 0 Å². The van der Waals surface area contributed by atoms with E-state index in [4.69, 9.17) is 9.47 Å². The Morgan fingerprint density at radius 2 is 1.94 bits per heavy atom. The molecule has 0 radical (unpaired) electrons. The van der Waals surface area contributed by atoms with Gasteiger partial charge in [0.15, 0.2) is 0 Å². The summed E-state index contributed by atoms with van der Waals surface area (Å²) in [6.45, 7) is 3.29. The molecule has 1 aliphatic rings. The molecule has 0 aliphatic carbocycles. The molecule has 1 aliphatic heterocycles. The average molecular weight is 256 g/mol. The fourth-order valence-electron chi connectivity index (χ4n) is 2.18. The molecule has 0 spiro atoms. The number of benzene rings is 1. The Balaban J connectivity index is 2.42. The van der Waals surface area contributed by atoms with E-state index in [1.54, 1.807) is 19.9 Å². The highest BCUT2D eigenvalue weighted by Crippen LogP contribution is 2.38. The summed E-state index contributed by atoms with van der Waals surface area (Å²) in [5, 5.41) is 19.6. The third-order valence-electron chi connectivity index (χ3n) is 3.32. The molecular weight excluding hydrogens is 239 g/mol. The first-order chi connectivity index (χ1) is 8.45. The number of halogens is 1. The molecule has 0 bridgehead atoms. The highest BCUT2D eigenvalue weighted by Gasteiger charge is 2.42. The smallest absolute Gasteiger partial charge is 0.126 e. The maximum absolute atomic E-state index is 13.6. The van der Waals surface area contributed by atoms with Crippen molar-refractivity contribution in [1.29, 1.82) is 0 Å². The molecular formula is C13H17FO4. The lowest BCUT2D eigenvalue weighted by Gasteiger charge is -2.18. The predicted octanol–water partition coefficient (Wildman–Crippen LogP) is 1.32. The van der Waals surface area contributed by atoms with Crippen LogP contribution in [0.5, 0.6) is 5.75 Å². The average Bonchev–Trinajstić information content (AvgIpc) is 2.60. The van der Waals surface area contributed by atoms with E-state index in [9.17, 15) is 14.6 Å². The molecule has 2 N–H and O–H groups in total. The highest BCUT2D eigenvalue weighted by molar-refractivity contribution is 5.40. The van der Waals surface area contributed by atoms with Gasteiger partial charge >= 0.3 is 0 Å². The van der Waals surface area contributed by atoms with Crippen molar-refractivity contribution in [1.82, 2.24) is 0 Å². The van der Waals surface area contributed by atoms with E-state index < -0.39 is 30.2 Å². The molecule has 100 valence electrons. The Hall–Kier alpha value is -1.17. The van der Waals surface area contributed by atoms with Crippen LogP contribution in [0.4, 0.5) is 4.39 Å². The van der Waals surface area contributed by atoms with E-state index in [2.05, 4.69) is 0 Å². The van der Waals surface area contributed by atoms with Crippen molar-refractivity contribution in [2.45, 2.75) is 38.3 Å². The van der Waals surface area contributed by atoms with E-state index in [1.807, 2.05) is 0 Å². The fraction of sp³-hybridized carbons (Fsp3) is 0.538. The fourth-order valence-corrected chi connectivity index (χ4v) is 2.18. The molecule has 1 aromatic carbocycles. The second kappa shape index (κ2) is 4.84. The van der Waals surface area contributed by atoms with Gasteiger partial charge in [0, 0.05) is 5.56 Å². The molecule has 2 rings (SSSR count). The summed E-state index contributed by atoms with van der Waals surface area (Å²) in [6.07, 6.45) is -3.35. The minimum absolute atomic E-state index is 0.393. The van der Waals surface area contributed by atoms with Crippen LogP contribution in [0.3, 0.4) is 0 Å². The Kier molecular flexibility index (Phi) is 3.56. The molecule has 4 nitrogen and oxygen atoms in total. The molecule has 1 aromatic rings. The Morgan fingerprint density at radius 1 is 1.28 bits per heavy atom. The zero-order valence-electron chi connectivity index (χ0n) is 10.6. The Bertz CT molecular complexity index is 449. The second-order valence-electron chi connectivity index (χ2n) is 4.59. The van der Waals surface area contributed by atoms with Crippen molar-refractivity contribution >= 4 is 0 Å². The van der Waals surface area contributed by atoms with Crippen molar-refractivity contribution in [3.8, 4) is 5.75 Å². The van der Waals surface area contributed by atoms with Crippen LogP contribution >= 0.6 is 0 Å².